The molecule has 0 fully saturated rings. The van der Waals surface area contributed by atoms with Gasteiger partial charge in [0, 0.05) is 17.5 Å². The third kappa shape index (κ3) is 4.19. The predicted octanol–water partition coefficient (Wildman–Crippen LogP) is 3.21. The van der Waals surface area contributed by atoms with Gasteiger partial charge in [-0.25, -0.2) is 13.9 Å². The zero-order valence-corrected chi connectivity index (χ0v) is 16.7. The quantitative estimate of drug-likeness (QED) is 0.360. The van der Waals surface area contributed by atoms with Crippen LogP contribution in [0, 0.1) is 0 Å². The molecule has 0 amide bonds. The molecule has 3 aromatic heterocycles. The normalized spacial score (nSPS) is 12.1. The van der Waals surface area contributed by atoms with Crippen molar-refractivity contribution in [1.29, 1.82) is 0 Å². The van der Waals surface area contributed by atoms with Crippen molar-refractivity contribution in [3.63, 3.8) is 0 Å². The van der Waals surface area contributed by atoms with Gasteiger partial charge in [0.15, 0.2) is 16.5 Å². The molecule has 0 aliphatic heterocycles. The van der Waals surface area contributed by atoms with Crippen molar-refractivity contribution in [1.82, 2.24) is 29.4 Å². The highest BCUT2D eigenvalue weighted by molar-refractivity contribution is 7.98. The molecule has 32 heavy (non-hydrogen) atoms. The van der Waals surface area contributed by atoms with Crippen LogP contribution in [-0.2, 0) is 11.9 Å². The Morgan fingerprint density at radius 2 is 1.88 bits per heavy atom. The number of rotatable bonds is 5. The average molecular weight is 464 g/mol. The molecule has 1 aromatic carbocycles. The van der Waals surface area contributed by atoms with Gasteiger partial charge in [0.2, 0.25) is 0 Å². The van der Waals surface area contributed by atoms with E-state index >= 15 is 0 Å². The molecule has 0 radical (unpaired) electrons. The summed E-state index contributed by atoms with van der Waals surface area (Å²) in [6.45, 7) is 0. The van der Waals surface area contributed by atoms with E-state index in [0.29, 0.717) is 5.56 Å². The minimum Gasteiger partial charge on any atom is -0.324 e. The zero-order valence-electron chi connectivity index (χ0n) is 15.9. The number of aromatic nitrogens is 6. The summed E-state index contributed by atoms with van der Waals surface area (Å²) in [6.07, 6.45) is 0.312. The number of H-pyrrole nitrogens is 1. The summed E-state index contributed by atoms with van der Waals surface area (Å²) >= 11 is 1.05. The fourth-order valence-electron chi connectivity index (χ4n) is 2.83. The molecule has 0 aliphatic carbocycles. The molecule has 0 saturated heterocycles. The van der Waals surface area contributed by atoms with E-state index in [1.165, 1.54) is 24.5 Å². The molecule has 4 aromatic rings. The molecule has 3 heterocycles. The number of benzene rings is 1. The van der Waals surface area contributed by atoms with Crippen LogP contribution in [0.4, 0.5) is 17.6 Å². The van der Waals surface area contributed by atoms with Gasteiger partial charge in [0.25, 0.3) is 11.1 Å². The van der Waals surface area contributed by atoms with Crippen LogP contribution >= 0.6 is 11.8 Å². The molecule has 13 heteroatoms. The van der Waals surface area contributed by atoms with Crippen LogP contribution in [0.1, 0.15) is 16.7 Å². The van der Waals surface area contributed by atoms with E-state index in [1.807, 2.05) is 0 Å². The summed E-state index contributed by atoms with van der Waals surface area (Å²) in [5, 5.41) is 8.34. The van der Waals surface area contributed by atoms with Crippen molar-refractivity contribution in [3.8, 4) is 5.82 Å². The molecule has 1 N–H and O–H groups in total. The molecule has 4 rings (SSSR count). The number of hydrogen-bond acceptors (Lipinski definition) is 6. The highest BCUT2D eigenvalue weighted by Gasteiger charge is 2.30. The van der Waals surface area contributed by atoms with E-state index < -0.39 is 22.9 Å². The van der Waals surface area contributed by atoms with Crippen molar-refractivity contribution in [2.24, 2.45) is 0 Å². The largest absolute Gasteiger partial charge is 0.416 e. The van der Waals surface area contributed by atoms with Crippen LogP contribution in [0.25, 0.3) is 17.4 Å². The molecule has 8 nitrogen and oxygen atoms in total. The van der Waals surface area contributed by atoms with Gasteiger partial charge in [0.1, 0.15) is 0 Å². The summed E-state index contributed by atoms with van der Waals surface area (Å²) in [4.78, 5) is 30.9. The first-order chi connectivity index (χ1) is 15.3. The Labute approximate surface area is 180 Å². The first-order valence-electron chi connectivity index (χ1n) is 8.90. The van der Waals surface area contributed by atoms with Crippen LogP contribution in [0.5, 0.6) is 0 Å². The Kier molecular flexibility index (Phi) is 5.65. The Morgan fingerprint density at radius 3 is 2.50 bits per heavy atom. The van der Waals surface area contributed by atoms with E-state index in [2.05, 4.69) is 20.2 Å². The third-order valence-corrected chi connectivity index (χ3v) is 5.34. The lowest BCUT2D eigenvalue weighted by Crippen LogP contribution is -2.26. The monoisotopic (exact) mass is 464 g/mol. The maximum Gasteiger partial charge on any atom is 0.416 e. The molecule has 0 unspecified atom stereocenters. The van der Waals surface area contributed by atoms with E-state index in [0.717, 1.165) is 45.4 Å². The Hall–Kier alpha value is -3.74. The van der Waals surface area contributed by atoms with Crippen molar-refractivity contribution in [3.05, 3.63) is 86.6 Å². The minimum absolute atomic E-state index is 0.0224. The molecule has 0 aliphatic rings. The van der Waals surface area contributed by atoms with Crippen molar-refractivity contribution in [2.45, 2.75) is 17.1 Å². The maximum absolute atomic E-state index is 13.2. The Balaban J connectivity index is 1.77. The number of hydrogen-bond donors (Lipinski definition) is 1. The number of aromatic amines is 1. The molecule has 0 saturated carbocycles. The summed E-state index contributed by atoms with van der Waals surface area (Å²) in [5.41, 5.74) is -1.17. The second-order valence-electron chi connectivity index (χ2n) is 6.41. The maximum atomic E-state index is 13.2. The Bertz CT molecular complexity index is 1400. The standard InChI is InChI=1S/C19H12F4N6O2S/c20-6-5-12-7-26-29-16(12)17(31)28(14-8-25-15(30)9-24-14)18(27-29)32-10-11-1-3-13(4-2-11)19(21,22)23/h1-9H,10H2,(H,25,30)/b6-5-. The second-order valence-corrected chi connectivity index (χ2v) is 7.35. The number of fused-ring (bicyclic) bond motifs is 1. The van der Waals surface area contributed by atoms with Crippen LogP contribution in [0.2, 0.25) is 0 Å². The van der Waals surface area contributed by atoms with E-state index in [1.54, 1.807) is 0 Å². The van der Waals surface area contributed by atoms with Gasteiger partial charge in [-0.3, -0.25) is 9.59 Å². The summed E-state index contributed by atoms with van der Waals surface area (Å²) in [5.74, 6) is 0.230. The van der Waals surface area contributed by atoms with Gasteiger partial charge >= 0.3 is 6.18 Å². The molecule has 0 bridgehead atoms. The topological polar surface area (TPSA) is 97.9 Å². The van der Waals surface area contributed by atoms with Gasteiger partial charge in [-0.2, -0.15) is 18.3 Å². The zero-order chi connectivity index (χ0) is 22.9. The number of nitrogens with one attached hydrogen (secondary N) is 1. The van der Waals surface area contributed by atoms with E-state index in [9.17, 15) is 27.2 Å². The first kappa shape index (κ1) is 21.5. The van der Waals surface area contributed by atoms with Gasteiger partial charge < -0.3 is 4.98 Å². The van der Waals surface area contributed by atoms with E-state index in [4.69, 9.17) is 0 Å². The highest BCUT2D eigenvalue weighted by atomic mass is 32.2. The minimum atomic E-state index is -4.44. The highest BCUT2D eigenvalue weighted by Crippen LogP contribution is 2.30. The Morgan fingerprint density at radius 1 is 1.12 bits per heavy atom. The first-order valence-corrected chi connectivity index (χ1v) is 9.88. The van der Waals surface area contributed by atoms with Crippen LogP contribution in [0.15, 0.2) is 63.9 Å². The van der Waals surface area contributed by atoms with Gasteiger partial charge in [-0.1, -0.05) is 23.9 Å². The summed E-state index contributed by atoms with van der Waals surface area (Å²) in [6, 6.07) is 4.58. The van der Waals surface area contributed by atoms with Gasteiger partial charge in [-0.15, -0.1) is 9.73 Å². The van der Waals surface area contributed by atoms with Gasteiger partial charge in [-0.05, 0) is 23.8 Å². The lowest BCUT2D eigenvalue weighted by Gasteiger charge is -2.11. The van der Waals surface area contributed by atoms with Crippen LogP contribution < -0.4 is 11.1 Å². The van der Waals surface area contributed by atoms with Crippen molar-refractivity contribution < 1.29 is 17.6 Å². The van der Waals surface area contributed by atoms with Crippen molar-refractivity contribution >= 4 is 23.4 Å². The lowest BCUT2D eigenvalue weighted by atomic mass is 10.1. The smallest absolute Gasteiger partial charge is 0.324 e. The fraction of sp³-hybridized carbons (Fsp3) is 0.105. The summed E-state index contributed by atoms with van der Waals surface area (Å²) < 4.78 is 53.1. The second kappa shape index (κ2) is 8.42. The number of nitrogens with zero attached hydrogens (tertiary/aromatic N) is 5. The summed E-state index contributed by atoms with van der Waals surface area (Å²) in [7, 11) is 0. The third-order valence-electron chi connectivity index (χ3n) is 4.34. The predicted molar refractivity (Wildman–Crippen MR) is 108 cm³/mol. The molecular formula is C19H12F4N6O2S. The molecule has 164 valence electrons. The van der Waals surface area contributed by atoms with Crippen molar-refractivity contribution in [2.75, 3.05) is 0 Å². The van der Waals surface area contributed by atoms with Gasteiger partial charge in [0.05, 0.1) is 24.3 Å². The fourth-order valence-corrected chi connectivity index (χ4v) is 3.76. The lowest BCUT2D eigenvalue weighted by molar-refractivity contribution is -0.137. The number of alkyl halides is 3. The average Bonchev–Trinajstić information content (AvgIpc) is 3.16. The SMILES string of the molecule is O=c1cnc(-n2c(SCc3ccc(C(F)(F)F)cc3)nn3ncc(/C=C\F)c3c2=O)c[nH]1. The number of thioether (sulfide) groups is 1. The number of halogens is 4. The van der Waals surface area contributed by atoms with Crippen LogP contribution in [0.3, 0.4) is 0 Å². The molecule has 0 atom stereocenters. The van der Waals surface area contributed by atoms with E-state index in [-0.39, 0.29) is 34.1 Å². The van der Waals surface area contributed by atoms with Crippen LogP contribution in [-0.4, -0.2) is 29.4 Å². The molecular weight excluding hydrogens is 452 g/mol. The molecule has 0 spiro atoms.